The average Bonchev–Trinajstić information content (AvgIpc) is 3.59. The number of methoxy groups -OCH3 is 1. The summed E-state index contributed by atoms with van der Waals surface area (Å²) in [6.45, 7) is 14.9. The third-order valence-corrected chi connectivity index (χ3v) is 9.41. The molecule has 3 aromatic rings. The van der Waals surface area contributed by atoms with Gasteiger partial charge in [-0.3, -0.25) is 19.4 Å². The van der Waals surface area contributed by atoms with Gasteiger partial charge in [0, 0.05) is 75.4 Å². The molecule has 1 aromatic heterocycles. The van der Waals surface area contributed by atoms with Crippen LogP contribution in [0.2, 0.25) is 5.02 Å². The van der Waals surface area contributed by atoms with Crippen LogP contribution in [-0.4, -0.2) is 91.2 Å². The Balaban J connectivity index is 1.20. The summed E-state index contributed by atoms with van der Waals surface area (Å²) in [6.07, 6.45) is 7.36. The largest absolute Gasteiger partial charge is 0.494 e. The summed E-state index contributed by atoms with van der Waals surface area (Å²) in [4.78, 5) is 34.7. The zero-order valence-electron chi connectivity index (χ0n) is 27.2. The highest BCUT2D eigenvalue weighted by Crippen LogP contribution is 2.41. The van der Waals surface area contributed by atoms with Crippen LogP contribution in [0.5, 0.6) is 5.75 Å². The molecule has 13 heteroatoms. The molecule has 0 bridgehead atoms. The van der Waals surface area contributed by atoms with Gasteiger partial charge < -0.3 is 20.3 Å². The molecule has 2 aromatic carbocycles. The van der Waals surface area contributed by atoms with Crippen molar-refractivity contribution < 1.29 is 18.8 Å². The van der Waals surface area contributed by atoms with Crippen LogP contribution in [0.1, 0.15) is 30.9 Å². The molecular weight excluding hydrogens is 635 g/mol. The van der Waals surface area contributed by atoms with Gasteiger partial charge in [0.2, 0.25) is 5.91 Å². The quantitative estimate of drug-likeness (QED) is 0.192. The molecule has 3 aliphatic rings. The standard InChI is InChI=1S/C35H42ClFN8O3/c1-4-9-42-12-14-43(15-13-42)27-6-10-44(11-7-27)31-21-32(47-3)29(20-28(31)41-35(46)5-2)40-33-22-34(39-23-38-33)45-30(8-16-48-45)24-17-25(36)19-26(37)18-24/h4-5,17-23,27,30H,1-2,6-16H2,3H3,(H,41,46)(H,38,39,40). The van der Waals surface area contributed by atoms with Gasteiger partial charge in [-0.05, 0) is 48.7 Å². The van der Waals surface area contributed by atoms with Crippen LogP contribution < -0.4 is 25.3 Å². The molecule has 2 N–H and O–H groups in total. The second-order valence-corrected chi connectivity index (χ2v) is 12.6. The van der Waals surface area contributed by atoms with Gasteiger partial charge in [-0.2, -0.15) is 0 Å². The number of hydrogen-bond donors (Lipinski definition) is 2. The van der Waals surface area contributed by atoms with Crippen LogP contribution in [-0.2, 0) is 9.63 Å². The summed E-state index contributed by atoms with van der Waals surface area (Å²) in [5, 5.41) is 8.30. The number of carbonyl (C=O) groups excluding carboxylic acids is 1. The van der Waals surface area contributed by atoms with E-state index in [1.165, 1.54) is 24.5 Å². The van der Waals surface area contributed by atoms with Crippen LogP contribution in [0.25, 0.3) is 0 Å². The lowest BCUT2D eigenvalue weighted by atomic mass is 10.0. The third-order valence-electron chi connectivity index (χ3n) is 9.19. The molecule has 0 saturated carbocycles. The number of piperazine rings is 1. The highest BCUT2D eigenvalue weighted by molar-refractivity contribution is 6.30. The molecule has 4 heterocycles. The van der Waals surface area contributed by atoms with Crippen LogP contribution >= 0.6 is 11.6 Å². The normalized spacial score (nSPS) is 19.3. The SMILES string of the molecule is C=CCN1CCN(C2CCN(c3cc(OC)c(Nc4cc(N5OCCC5c5cc(F)cc(Cl)c5)ncn4)cc3NC(=O)C=C)CC2)CC1. The van der Waals surface area contributed by atoms with Gasteiger partial charge >= 0.3 is 0 Å². The molecule has 11 nitrogen and oxygen atoms in total. The third kappa shape index (κ3) is 7.73. The van der Waals surface area contributed by atoms with E-state index in [0.29, 0.717) is 58.4 Å². The van der Waals surface area contributed by atoms with Crippen molar-refractivity contribution in [1.82, 2.24) is 19.8 Å². The summed E-state index contributed by atoms with van der Waals surface area (Å²) in [5.74, 6) is 0.848. The molecular formula is C35H42ClFN8O3. The molecule has 6 rings (SSSR count). The predicted octanol–water partition coefficient (Wildman–Crippen LogP) is 5.80. The van der Waals surface area contributed by atoms with E-state index in [1.807, 2.05) is 18.2 Å². The van der Waals surface area contributed by atoms with E-state index in [4.69, 9.17) is 21.2 Å². The molecule has 3 aliphatic heterocycles. The summed E-state index contributed by atoms with van der Waals surface area (Å²) < 4.78 is 20.0. The van der Waals surface area contributed by atoms with Crippen molar-refractivity contribution in [3.63, 3.8) is 0 Å². The zero-order valence-corrected chi connectivity index (χ0v) is 28.0. The second kappa shape index (κ2) is 15.3. The van der Waals surface area contributed by atoms with Gasteiger partial charge in [0.1, 0.15) is 23.7 Å². The van der Waals surface area contributed by atoms with Crippen molar-refractivity contribution in [2.45, 2.75) is 31.3 Å². The Morgan fingerprint density at radius 1 is 1.04 bits per heavy atom. The van der Waals surface area contributed by atoms with Gasteiger partial charge in [-0.15, -0.1) is 6.58 Å². The maximum absolute atomic E-state index is 14.2. The lowest BCUT2D eigenvalue weighted by molar-refractivity contribution is -0.111. The molecule has 0 aliphatic carbocycles. The Labute approximate surface area is 285 Å². The van der Waals surface area contributed by atoms with Crippen molar-refractivity contribution in [3.8, 4) is 5.75 Å². The molecule has 1 amide bonds. The van der Waals surface area contributed by atoms with Crippen molar-refractivity contribution in [3.05, 3.63) is 84.4 Å². The monoisotopic (exact) mass is 676 g/mol. The lowest BCUT2D eigenvalue weighted by Gasteiger charge is -2.43. The highest BCUT2D eigenvalue weighted by atomic mass is 35.5. The molecule has 0 spiro atoms. The highest BCUT2D eigenvalue weighted by Gasteiger charge is 2.31. The molecule has 3 fully saturated rings. The maximum atomic E-state index is 14.2. The van der Waals surface area contributed by atoms with Crippen molar-refractivity contribution in [2.75, 3.05) is 80.1 Å². The summed E-state index contributed by atoms with van der Waals surface area (Å²) in [6, 6.07) is 10.3. The number of anilines is 5. The van der Waals surface area contributed by atoms with Gasteiger partial charge in [0.05, 0.1) is 36.8 Å². The zero-order chi connectivity index (χ0) is 33.6. The minimum atomic E-state index is -0.411. The number of benzene rings is 2. The number of nitrogens with zero attached hydrogens (tertiary/aromatic N) is 6. The Bertz CT molecular complexity index is 1610. The fourth-order valence-corrected chi connectivity index (χ4v) is 7.02. The number of piperidine rings is 1. The van der Waals surface area contributed by atoms with Gasteiger partial charge in [-0.25, -0.2) is 19.4 Å². The number of hydroxylamine groups is 1. The summed E-state index contributed by atoms with van der Waals surface area (Å²) >= 11 is 6.14. The van der Waals surface area contributed by atoms with E-state index in [1.54, 1.807) is 24.3 Å². The first-order valence-corrected chi connectivity index (χ1v) is 16.7. The minimum absolute atomic E-state index is 0.276. The van der Waals surface area contributed by atoms with Crippen molar-refractivity contribution >= 4 is 46.2 Å². The van der Waals surface area contributed by atoms with E-state index in [9.17, 15) is 9.18 Å². The lowest BCUT2D eigenvalue weighted by Crippen LogP contribution is -2.53. The van der Waals surface area contributed by atoms with E-state index < -0.39 is 5.82 Å². The fraction of sp³-hybridized carbons (Fsp3) is 0.400. The van der Waals surface area contributed by atoms with Gasteiger partial charge in [-0.1, -0.05) is 24.3 Å². The first-order valence-electron chi connectivity index (χ1n) is 16.3. The van der Waals surface area contributed by atoms with Crippen LogP contribution in [0.15, 0.2) is 68.0 Å². The number of carbonyl (C=O) groups is 1. The smallest absolute Gasteiger partial charge is 0.247 e. The van der Waals surface area contributed by atoms with Crippen LogP contribution in [0, 0.1) is 5.82 Å². The van der Waals surface area contributed by atoms with E-state index >= 15 is 0 Å². The number of rotatable bonds is 11. The Morgan fingerprint density at radius 2 is 1.83 bits per heavy atom. The maximum Gasteiger partial charge on any atom is 0.247 e. The first kappa shape index (κ1) is 33.7. The summed E-state index contributed by atoms with van der Waals surface area (Å²) in [5.41, 5.74) is 2.82. The minimum Gasteiger partial charge on any atom is -0.494 e. The van der Waals surface area contributed by atoms with Crippen LogP contribution in [0.3, 0.4) is 0 Å². The first-order chi connectivity index (χ1) is 23.3. The average molecular weight is 677 g/mol. The number of halogens is 2. The van der Waals surface area contributed by atoms with E-state index in [-0.39, 0.29) is 11.9 Å². The Morgan fingerprint density at radius 3 is 2.54 bits per heavy atom. The molecule has 1 atom stereocenters. The van der Waals surface area contributed by atoms with Crippen molar-refractivity contribution in [2.24, 2.45) is 0 Å². The number of amides is 1. The second-order valence-electron chi connectivity index (χ2n) is 12.2. The van der Waals surface area contributed by atoms with E-state index in [2.05, 4.69) is 48.5 Å². The van der Waals surface area contributed by atoms with E-state index in [0.717, 1.165) is 64.3 Å². The van der Waals surface area contributed by atoms with Gasteiger partial charge in [0.15, 0.2) is 5.82 Å². The predicted molar refractivity (Wildman–Crippen MR) is 188 cm³/mol. The number of hydrogen-bond acceptors (Lipinski definition) is 10. The fourth-order valence-electron chi connectivity index (χ4n) is 6.79. The molecule has 1 unspecified atom stereocenters. The molecule has 254 valence electrons. The number of aromatic nitrogens is 2. The van der Waals surface area contributed by atoms with Crippen LogP contribution in [0.4, 0.5) is 33.1 Å². The Kier molecular flexibility index (Phi) is 10.8. The van der Waals surface area contributed by atoms with Crippen molar-refractivity contribution in [1.29, 1.82) is 0 Å². The van der Waals surface area contributed by atoms with Gasteiger partial charge in [0.25, 0.3) is 0 Å². The molecule has 48 heavy (non-hydrogen) atoms. The Hall–Kier alpha value is -4.23. The summed E-state index contributed by atoms with van der Waals surface area (Å²) in [7, 11) is 1.61. The topological polar surface area (TPSA) is 98.3 Å². The number of ether oxygens (including phenoxy) is 1. The molecule has 3 saturated heterocycles. The molecule has 0 radical (unpaired) electrons. The number of nitrogens with one attached hydrogen (secondary N) is 2.